The number of hydrogen-bond acceptors (Lipinski definition) is 1. The van der Waals surface area contributed by atoms with Crippen molar-refractivity contribution in [1.29, 1.82) is 5.26 Å². The molecule has 0 aromatic heterocycles. The summed E-state index contributed by atoms with van der Waals surface area (Å²) in [5.41, 5.74) is 3.18. The van der Waals surface area contributed by atoms with Gasteiger partial charge in [-0.25, -0.2) is 0 Å². The highest BCUT2D eigenvalue weighted by atomic mass is 79.9. The van der Waals surface area contributed by atoms with E-state index in [0.29, 0.717) is 11.4 Å². The molecule has 0 spiro atoms. The lowest BCUT2D eigenvalue weighted by Crippen LogP contribution is -1.83. The highest BCUT2D eigenvalue weighted by Gasteiger charge is 2.01. The Kier molecular flexibility index (Phi) is 3.83. The van der Waals surface area contributed by atoms with Gasteiger partial charge in [-0.2, -0.15) is 5.26 Å². The smallest absolute Gasteiger partial charge is 0.0669 e. The van der Waals surface area contributed by atoms with Crippen molar-refractivity contribution in [3.63, 3.8) is 0 Å². The number of halogens is 2. The second-order valence-corrected chi connectivity index (χ2v) is 5.04. The summed E-state index contributed by atoms with van der Waals surface area (Å²) in [6.07, 6.45) is 0.444. The molecule has 0 aliphatic carbocycles. The van der Waals surface area contributed by atoms with Gasteiger partial charge in [0.1, 0.15) is 0 Å². The molecule has 0 fully saturated rings. The van der Waals surface area contributed by atoms with Crippen LogP contribution in [0, 0.1) is 11.3 Å². The second-order valence-electron chi connectivity index (χ2n) is 3.69. The van der Waals surface area contributed by atoms with E-state index in [9.17, 15) is 0 Å². The molecule has 2 aromatic carbocycles. The van der Waals surface area contributed by atoms with E-state index in [-0.39, 0.29) is 0 Å². The van der Waals surface area contributed by atoms with Gasteiger partial charge in [0, 0.05) is 9.50 Å². The summed E-state index contributed by atoms with van der Waals surface area (Å²) in [6, 6.07) is 15.9. The zero-order valence-electron chi connectivity index (χ0n) is 8.95. The summed E-state index contributed by atoms with van der Waals surface area (Å²) < 4.78 is 0.959. The van der Waals surface area contributed by atoms with Crippen molar-refractivity contribution in [1.82, 2.24) is 0 Å². The molecule has 0 amide bonds. The van der Waals surface area contributed by atoms with Crippen molar-refractivity contribution < 1.29 is 0 Å². The molecule has 0 aliphatic heterocycles. The van der Waals surface area contributed by atoms with Crippen LogP contribution < -0.4 is 0 Å². The van der Waals surface area contributed by atoms with Crippen molar-refractivity contribution in [2.45, 2.75) is 6.42 Å². The molecule has 0 saturated carbocycles. The van der Waals surface area contributed by atoms with Gasteiger partial charge in [-0.3, -0.25) is 0 Å². The average molecular weight is 307 g/mol. The third kappa shape index (κ3) is 3.09. The van der Waals surface area contributed by atoms with Gasteiger partial charge in [-0.15, -0.1) is 0 Å². The number of nitrogens with zero attached hydrogens (tertiary/aromatic N) is 1. The van der Waals surface area contributed by atoms with Crippen LogP contribution in [0.5, 0.6) is 0 Å². The van der Waals surface area contributed by atoms with Crippen LogP contribution in [0.3, 0.4) is 0 Å². The Morgan fingerprint density at radius 2 is 1.76 bits per heavy atom. The fraction of sp³-hybridized carbons (Fsp3) is 0.0714. The molecule has 0 atom stereocenters. The molecule has 84 valence electrons. The van der Waals surface area contributed by atoms with E-state index in [0.717, 1.165) is 21.2 Å². The lowest BCUT2D eigenvalue weighted by atomic mass is 10.0. The molecular weight excluding hydrogens is 298 g/mol. The summed E-state index contributed by atoms with van der Waals surface area (Å²) >= 11 is 9.43. The van der Waals surface area contributed by atoms with Gasteiger partial charge >= 0.3 is 0 Å². The normalized spacial score (nSPS) is 9.94. The Bertz CT molecular complexity index is 550. The predicted octanol–water partition coefficient (Wildman–Crippen LogP) is 4.84. The monoisotopic (exact) mass is 305 g/mol. The van der Waals surface area contributed by atoms with Gasteiger partial charge in [0.15, 0.2) is 0 Å². The number of nitriles is 1. The maximum Gasteiger partial charge on any atom is 0.0669 e. The first-order valence-electron chi connectivity index (χ1n) is 5.11. The summed E-state index contributed by atoms with van der Waals surface area (Å²) in [4.78, 5) is 0. The highest BCUT2D eigenvalue weighted by Crippen LogP contribution is 2.27. The maximum absolute atomic E-state index is 8.61. The zero-order valence-corrected chi connectivity index (χ0v) is 11.3. The van der Waals surface area contributed by atoms with Gasteiger partial charge < -0.3 is 0 Å². The molecule has 17 heavy (non-hydrogen) atoms. The van der Waals surface area contributed by atoms with E-state index in [1.807, 2.05) is 42.5 Å². The first-order valence-corrected chi connectivity index (χ1v) is 6.28. The molecule has 0 aliphatic rings. The Hall–Kier alpha value is -1.30. The summed E-state index contributed by atoms with van der Waals surface area (Å²) in [5.74, 6) is 0. The van der Waals surface area contributed by atoms with Gasteiger partial charge in [0.05, 0.1) is 12.5 Å². The van der Waals surface area contributed by atoms with Crippen molar-refractivity contribution in [2.75, 3.05) is 0 Å². The molecule has 2 rings (SSSR count). The standard InChI is InChI=1S/C14H9BrClN/c15-13-7-12(8-14(16)9-13)11-3-1-10(2-4-11)5-6-17/h1-4,7-9H,5H2. The quantitative estimate of drug-likeness (QED) is 0.779. The van der Waals surface area contributed by atoms with E-state index < -0.39 is 0 Å². The van der Waals surface area contributed by atoms with Crippen LogP contribution in [0.2, 0.25) is 5.02 Å². The topological polar surface area (TPSA) is 23.8 Å². The molecule has 3 heteroatoms. The minimum Gasteiger partial charge on any atom is -0.198 e. The van der Waals surface area contributed by atoms with Crippen molar-refractivity contribution in [3.8, 4) is 17.2 Å². The molecule has 0 radical (unpaired) electrons. The summed E-state index contributed by atoms with van der Waals surface area (Å²) in [6.45, 7) is 0. The van der Waals surface area contributed by atoms with Crippen LogP contribution in [0.15, 0.2) is 46.9 Å². The Balaban J connectivity index is 2.36. The predicted molar refractivity (Wildman–Crippen MR) is 73.9 cm³/mol. The molecule has 1 nitrogen and oxygen atoms in total. The first kappa shape index (κ1) is 12.2. The van der Waals surface area contributed by atoms with E-state index >= 15 is 0 Å². The maximum atomic E-state index is 8.61. The SMILES string of the molecule is N#CCc1ccc(-c2cc(Cl)cc(Br)c2)cc1. The van der Waals surface area contributed by atoms with Crippen molar-refractivity contribution in [3.05, 3.63) is 57.5 Å². The minimum absolute atomic E-state index is 0.444. The van der Waals surface area contributed by atoms with Gasteiger partial charge in [-0.1, -0.05) is 51.8 Å². The van der Waals surface area contributed by atoms with Crippen LogP contribution in [-0.4, -0.2) is 0 Å². The lowest BCUT2D eigenvalue weighted by molar-refractivity contribution is 1.26. The Labute approximate surface area is 114 Å². The highest BCUT2D eigenvalue weighted by molar-refractivity contribution is 9.10. The molecule has 2 aromatic rings. The molecule has 0 bridgehead atoms. The van der Waals surface area contributed by atoms with E-state index in [4.69, 9.17) is 16.9 Å². The van der Waals surface area contributed by atoms with E-state index in [1.165, 1.54) is 0 Å². The molecular formula is C14H9BrClN. The summed E-state index contributed by atoms with van der Waals surface area (Å²) in [5, 5.41) is 9.31. The molecule has 0 saturated heterocycles. The van der Waals surface area contributed by atoms with E-state index in [1.54, 1.807) is 0 Å². The minimum atomic E-state index is 0.444. The van der Waals surface area contributed by atoms with Crippen molar-refractivity contribution in [2.24, 2.45) is 0 Å². The molecule has 0 heterocycles. The number of benzene rings is 2. The van der Waals surface area contributed by atoms with Crippen LogP contribution in [0.25, 0.3) is 11.1 Å². The first-order chi connectivity index (χ1) is 8.19. The van der Waals surface area contributed by atoms with Crippen LogP contribution in [0.1, 0.15) is 5.56 Å². The van der Waals surface area contributed by atoms with Gasteiger partial charge in [0.2, 0.25) is 0 Å². The van der Waals surface area contributed by atoms with Gasteiger partial charge in [-0.05, 0) is 34.9 Å². The second kappa shape index (κ2) is 5.35. The Morgan fingerprint density at radius 3 is 2.35 bits per heavy atom. The van der Waals surface area contributed by atoms with Crippen LogP contribution in [-0.2, 0) is 6.42 Å². The fourth-order valence-corrected chi connectivity index (χ4v) is 2.49. The van der Waals surface area contributed by atoms with Crippen LogP contribution >= 0.6 is 27.5 Å². The summed E-state index contributed by atoms with van der Waals surface area (Å²) in [7, 11) is 0. The average Bonchev–Trinajstić information content (AvgIpc) is 2.29. The van der Waals surface area contributed by atoms with Gasteiger partial charge in [0.25, 0.3) is 0 Å². The van der Waals surface area contributed by atoms with E-state index in [2.05, 4.69) is 22.0 Å². The van der Waals surface area contributed by atoms with Crippen LogP contribution in [0.4, 0.5) is 0 Å². The Morgan fingerprint density at radius 1 is 1.06 bits per heavy atom. The van der Waals surface area contributed by atoms with Crippen molar-refractivity contribution >= 4 is 27.5 Å². The largest absolute Gasteiger partial charge is 0.198 e. The zero-order chi connectivity index (χ0) is 12.3. The third-order valence-electron chi connectivity index (χ3n) is 2.43. The number of hydrogen-bond donors (Lipinski definition) is 0. The number of rotatable bonds is 2. The third-order valence-corrected chi connectivity index (χ3v) is 3.11. The fourth-order valence-electron chi connectivity index (χ4n) is 1.63. The molecule has 0 unspecified atom stereocenters. The lowest BCUT2D eigenvalue weighted by Gasteiger charge is -2.04. The molecule has 0 N–H and O–H groups in total.